The number of hydrogen-bond acceptors (Lipinski definition) is 4. The fourth-order valence-corrected chi connectivity index (χ4v) is 3.39. The van der Waals surface area contributed by atoms with Crippen LogP contribution in [0.1, 0.15) is 47.0 Å². The molecule has 0 radical (unpaired) electrons. The van der Waals surface area contributed by atoms with Gasteiger partial charge in [-0.2, -0.15) is 5.10 Å². The van der Waals surface area contributed by atoms with Crippen molar-refractivity contribution >= 4 is 5.91 Å². The van der Waals surface area contributed by atoms with Crippen LogP contribution in [0.5, 0.6) is 0 Å². The molecule has 0 aromatic carbocycles. The van der Waals surface area contributed by atoms with Crippen molar-refractivity contribution in [1.29, 1.82) is 0 Å². The van der Waals surface area contributed by atoms with Crippen molar-refractivity contribution in [2.75, 3.05) is 20.6 Å². The van der Waals surface area contributed by atoms with Crippen molar-refractivity contribution in [3.8, 4) is 0 Å². The maximum Gasteiger partial charge on any atom is 0.255 e. The largest absolute Gasteiger partial charge is 0.464 e. The van der Waals surface area contributed by atoms with Gasteiger partial charge in [-0.1, -0.05) is 0 Å². The van der Waals surface area contributed by atoms with E-state index in [2.05, 4.69) is 29.4 Å². The fraction of sp³-hybridized carbons (Fsp3) is 0.556. The van der Waals surface area contributed by atoms with Gasteiger partial charge in [0.1, 0.15) is 11.5 Å². The molecule has 0 aliphatic carbocycles. The third-order valence-corrected chi connectivity index (χ3v) is 4.58. The van der Waals surface area contributed by atoms with E-state index in [4.69, 9.17) is 4.42 Å². The summed E-state index contributed by atoms with van der Waals surface area (Å²) in [7, 11) is 4.18. The van der Waals surface area contributed by atoms with Gasteiger partial charge in [-0.15, -0.1) is 0 Å². The first kappa shape index (κ1) is 16.8. The van der Waals surface area contributed by atoms with Crippen molar-refractivity contribution in [3.05, 3.63) is 41.1 Å². The summed E-state index contributed by atoms with van der Waals surface area (Å²) in [5, 5.41) is 7.42. The Balaban J connectivity index is 1.71. The molecule has 0 fully saturated rings. The molecule has 1 aliphatic heterocycles. The zero-order valence-corrected chi connectivity index (χ0v) is 14.9. The number of fused-ring (bicyclic) bond motifs is 1. The first-order valence-corrected chi connectivity index (χ1v) is 8.50. The van der Waals surface area contributed by atoms with Crippen molar-refractivity contribution in [2.24, 2.45) is 5.92 Å². The molecule has 6 heteroatoms. The van der Waals surface area contributed by atoms with E-state index >= 15 is 0 Å². The SMILES string of the molecule is Cc1ccc([C@H](C)NC(=O)c2cnn3c2C[C@@H](CN(C)C)CC3)o1. The van der Waals surface area contributed by atoms with Crippen LogP contribution in [0.25, 0.3) is 0 Å². The van der Waals surface area contributed by atoms with Crippen LogP contribution in [0.3, 0.4) is 0 Å². The van der Waals surface area contributed by atoms with Crippen molar-refractivity contribution in [3.63, 3.8) is 0 Å². The van der Waals surface area contributed by atoms with E-state index in [0.29, 0.717) is 11.5 Å². The molecule has 2 aromatic heterocycles. The molecule has 0 saturated heterocycles. The van der Waals surface area contributed by atoms with Crippen LogP contribution in [0, 0.1) is 12.8 Å². The van der Waals surface area contributed by atoms with Gasteiger partial charge in [0.25, 0.3) is 5.91 Å². The Morgan fingerprint density at radius 2 is 2.29 bits per heavy atom. The predicted molar refractivity (Wildman–Crippen MR) is 91.9 cm³/mol. The zero-order valence-electron chi connectivity index (χ0n) is 14.9. The molecule has 0 bridgehead atoms. The maximum absolute atomic E-state index is 12.7. The summed E-state index contributed by atoms with van der Waals surface area (Å²) in [6.45, 7) is 5.75. The topological polar surface area (TPSA) is 63.3 Å². The van der Waals surface area contributed by atoms with Gasteiger partial charge in [-0.3, -0.25) is 9.48 Å². The van der Waals surface area contributed by atoms with E-state index < -0.39 is 0 Å². The minimum absolute atomic E-state index is 0.0803. The summed E-state index contributed by atoms with van der Waals surface area (Å²) in [5.74, 6) is 2.11. The molecule has 0 spiro atoms. The highest BCUT2D eigenvalue weighted by Crippen LogP contribution is 2.24. The van der Waals surface area contributed by atoms with Crippen LogP contribution in [-0.2, 0) is 13.0 Å². The molecular weight excluding hydrogens is 304 g/mol. The molecular formula is C18H26N4O2. The van der Waals surface area contributed by atoms with Gasteiger partial charge in [0, 0.05) is 13.1 Å². The van der Waals surface area contributed by atoms with Gasteiger partial charge in [-0.05, 0) is 58.8 Å². The van der Waals surface area contributed by atoms with Crippen molar-refractivity contribution in [1.82, 2.24) is 20.0 Å². The van der Waals surface area contributed by atoms with E-state index in [1.54, 1.807) is 6.20 Å². The number of nitrogens with zero attached hydrogens (tertiary/aromatic N) is 3. The average Bonchev–Trinajstić information content (AvgIpc) is 3.12. The second kappa shape index (κ2) is 6.81. The lowest BCUT2D eigenvalue weighted by molar-refractivity contribution is 0.0933. The van der Waals surface area contributed by atoms with Crippen molar-refractivity contribution in [2.45, 2.75) is 39.3 Å². The minimum atomic E-state index is -0.164. The number of hydrogen-bond donors (Lipinski definition) is 1. The summed E-state index contributed by atoms with van der Waals surface area (Å²) in [6, 6.07) is 3.65. The van der Waals surface area contributed by atoms with Crippen molar-refractivity contribution < 1.29 is 9.21 Å². The second-order valence-electron chi connectivity index (χ2n) is 6.99. The predicted octanol–water partition coefficient (Wildman–Crippen LogP) is 2.40. The van der Waals surface area contributed by atoms with Crippen LogP contribution < -0.4 is 5.32 Å². The number of aryl methyl sites for hydroxylation is 2. The molecule has 2 atom stereocenters. The maximum atomic E-state index is 12.7. The molecule has 1 N–H and O–H groups in total. The Labute approximate surface area is 142 Å². The lowest BCUT2D eigenvalue weighted by Gasteiger charge is -2.26. The third-order valence-electron chi connectivity index (χ3n) is 4.58. The summed E-state index contributed by atoms with van der Waals surface area (Å²) < 4.78 is 7.57. The summed E-state index contributed by atoms with van der Waals surface area (Å²) in [4.78, 5) is 14.9. The van der Waals surface area contributed by atoms with Crippen LogP contribution in [0.4, 0.5) is 0 Å². The number of carbonyl (C=O) groups excluding carboxylic acids is 1. The Morgan fingerprint density at radius 3 is 2.96 bits per heavy atom. The highest BCUT2D eigenvalue weighted by atomic mass is 16.3. The van der Waals surface area contributed by atoms with Crippen LogP contribution in [0.2, 0.25) is 0 Å². The molecule has 0 saturated carbocycles. The van der Waals surface area contributed by atoms with Crippen LogP contribution in [0.15, 0.2) is 22.7 Å². The molecule has 2 aromatic rings. The number of carbonyl (C=O) groups is 1. The summed E-state index contributed by atoms with van der Waals surface area (Å²) in [5.41, 5.74) is 1.74. The normalized spacial score (nSPS) is 18.5. The smallest absolute Gasteiger partial charge is 0.255 e. The molecule has 3 heterocycles. The Hall–Kier alpha value is -2.08. The summed E-state index contributed by atoms with van der Waals surface area (Å²) >= 11 is 0. The van der Waals surface area contributed by atoms with Gasteiger partial charge >= 0.3 is 0 Å². The quantitative estimate of drug-likeness (QED) is 0.914. The standard InChI is InChI=1S/C18H26N4O2/c1-12-5-6-17(24-12)13(2)20-18(23)15-10-19-22-8-7-14(9-16(15)22)11-21(3)4/h5-6,10,13-14H,7-9,11H2,1-4H3,(H,20,23)/t13-,14-/m0/s1. The van der Waals surface area contributed by atoms with E-state index in [0.717, 1.165) is 43.1 Å². The molecule has 1 amide bonds. The van der Waals surface area contributed by atoms with Gasteiger partial charge in [0.2, 0.25) is 0 Å². The van der Waals surface area contributed by atoms with E-state index in [1.165, 1.54) is 0 Å². The third kappa shape index (κ3) is 3.53. The van der Waals surface area contributed by atoms with Gasteiger partial charge < -0.3 is 14.6 Å². The lowest BCUT2D eigenvalue weighted by atomic mass is 9.94. The first-order chi connectivity index (χ1) is 11.4. The number of nitrogens with one attached hydrogen (secondary N) is 1. The lowest BCUT2D eigenvalue weighted by Crippen LogP contribution is -2.31. The van der Waals surface area contributed by atoms with Gasteiger partial charge in [-0.25, -0.2) is 0 Å². The Kier molecular flexibility index (Phi) is 4.76. The van der Waals surface area contributed by atoms with Gasteiger partial charge in [0.15, 0.2) is 0 Å². The van der Waals surface area contributed by atoms with Gasteiger partial charge in [0.05, 0.1) is 23.5 Å². The minimum Gasteiger partial charge on any atom is -0.464 e. The molecule has 24 heavy (non-hydrogen) atoms. The fourth-order valence-electron chi connectivity index (χ4n) is 3.39. The highest BCUT2D eigenvalue weighted by Gasteiger charge is 2.26. The van der Waals surface area contributed by atoms with Crippen LogP contribution in [-0.4, -0.2) is 41.2 Å². The molecule has 3 rings (SSSR count). The molecule has 1 aliphatic rings. The van der Waals surface area contributed by atoms with E-state index in [-0.39, 0.29) is 11.9 Å². The monoisotopic (exact) mass is 330 g/mol. The van der Waals surface area contributed by atoms with E-state index in [9.17, 15) is 4.79 Å². The van der Waals surface area contributed by atoms with E-state index in [1.807, 2.05) is 30.7 Å². The number of rotatable bonds is 5. The van der Waals surface area contributed by atoms with Crippen LogP contribution >= 0.6 is 0 Å². The Morgan fingerprint density at radius 1 is 1.50 bits per heavy atom. The molecule has 130 valence electrons. The highest BCUT2D eigenvalue weighted by molar-refractivity contribution is 5.95. The average molecular weight is 330 g/mol. The Bertz CT molecular complexity index is 716. The first-order valence-electron chi connectivity index (χ1n) is 8.50. The summed E-state index contributed by atoms with van der Waals surface area (Å²) in [6.07, 6.45) is 3.70. The molecule has 0 unspecified atom stereocenters. The number of furan rings is 1. The molecule has 6 nitrogen and oxygen atoms in total. The number of aromatic nitrogens is 2. The zero-order chi connectivity index (χ0) is 17.3. The number of amides is 1. The second-order valence-corrected chi connectivity index (χ2v) is 6.99.